The Morgan fingerprint density at radius 3 is 2.62 bits per heavy atom. The molecule has 134 valence electrons. The Bertz CT molecular complexity index is 527. The van der Waals surface area contributed by atoms with Crippen LogP contribution in [0.1, 0.15) is 25.6 Å². The molecule has 7 heteroatoms. The van der Waals surface area contributed by atoms with Crippen molar-refractivity contribution in [2.24, 2.45) is 0 Å². The lowest BCUT2D eigenvalue weighted by atomic mass is 10.1. The number of amides is 1. The highest BCUT2D eigenvalue weighted by molar-refractivity contribution is 5.81. The Balaban J connectivity index is 1.99. The Hall–Kier alpha value is -1.60. The van der Waals surface area contributed by atoms with E-state index in [2.05, 4.69) is 9.97 Å². The number of likely N-dealkylation sites (N-methyl/N-ethyl adjacent to an activating group) is 2. The van der Waals surface area contributed by atoms with Crippen LogP contribution in [-0.4, -0.2) is 83.1 Å². The molecule has 3 atom stereocenters. The Morgan fingerprint density at radius 1 is 1.38 bits per heavy atom. The lowest BCUT2D eigenvalue weighted by Gasteiger charge is -2.31. The van der Waals surface area contributed by atoms with Gasteiger partial charge in [-0.05, 0) is 33.0 Å². The molecular weight excluding hydrogens is 309 g/mol. The third kappa shape index (κ3) is 4.70. The summed E-state index contributed by atoms with van der Waals surface area (Å²) < 4.78 is 13.9. The minimum atomic E-state index is -0.863. The summed E-state index contributed by atoms with van der Waals surface area (Å²) in [6.07, 6.45) is 3.73. The van der Waals surface area contributed by atoms with Crippen LogP contribution >= 0.6 is 0 Å². The summed E-state index contributed by atoms with van der Waals surface area (Å²) in [5.74, 6) is 0.769. The van der Waals surface area contributed by atoms with E-state index in [4.69, 9.17) is 0 Å². The summed E-state index contributed by atoms with van der Waals surface area (Å²) in [6, 6.07) is 1.63. The van der Waals surface area contributed by atoms with Crippen molar-refractivity contribution in [3.8, 4) is 0 Å². The third-order valence-corrected chi connectivity index (χ3v) is 4.60. The molecule has 1 aromatic heterocycles. The number of hydrogen-bond donors (Lipinski definition) is 0. The van der Waals surface area contributed by atoms with E-state index in [-0.39, 0.29) is 18.0 Å². The molecule has 1 saturated heterocycles. The fraction of sp³-hybridized carbons (Fsp3) is 0.706. The fourth-order valence-corrected chi connectivity index (χ4v) is 3.32. The SMILES string of the molecule is CCC(C(=O)N(C)C[C@@H]1C[C@H](F)CN1Cc1ncccn1)N(C)C. The first-order chi connectivity index (χ1) is 11.4. The van der Waals surface area contributed by atoms with Gasteiger partial charge in [0.1, 0.15) is 12.0 Å². The van der Waals surface area contributed by atoms with Crippen LogP contribution in [0.3, 0.4) is 0 Å². The number of aromatic nitrogens is 2. The van der Waals surface area contributed by atoms with Gasteiger partial charge in [0.2, 0.25) is 5.91 Å². The number of carbonyl (C=O) groups excluding carboxylic acids is 1. The first-order valence-electron chi connectivity index (χ1n) is 8.47. The lowest BCUT2D eigenvalue weighted by molar-refractivity contribution is -0.135. The van der Waals surface area contributed by atoms with Crippen LogP contribution in [-0.2, 0) is 11.3 Å². The quantitative estimate of drug-likeness (QED) is 0.748. The second-order valence-corrected chi connectivity index (χ2v) is 6.69. The van der Waals surface area contributed by atoms with Crippen molar-refractivity contribution in [3.63, 3.8) is 0 Å². The zero-order valence-electron chi connectivity index (χ0n) is 15.0. The van der Waals surface area contributed by atoms with Gasteiger partial charge in [0.15, 0.2) is 0 Å². The predicted octanol–water partition coefficient (Wildman–Crippen LogP) is 1.19. The summed E-state index contributed by atoms with van der Waals surface area (Å²) in [5.41, 5.74) is 0. The molecule has 1 unspecified atom stereocenters. The number of hydrogen-bond acceptors (Lipinski definition) is 5. The van der Waals surface area contributed by atoms with Gasteiger partial charge in [-0.15, -0.1) is 0 Å². The van der Waals surface area contributed by atoms with Crippen molar-refractivity contribution in [1.82, 2.24) is 24.7 Å². The van der Waals surface area contributed by atoms with E-state index in [1.807, 2.05) is 30.8 Å². The highest BCUT2D eigenvalue weighted by Crippen LogP contribution is 2.23. The van der Waals surface area contributed by atoms with Crippen molar-refractivity contribution in [1.29, 1.82) is 0 Å². The van der Waals surface area contributed by atoms with E-state index in [0.717, 1.165) is 6.42 Å². The predicted molar refractivity (Wildman–Crippen MR) is 91.1 cm³/mol. The van der Waals surface area contributed by atoms with Crippen molar-refractivity contribution in [3.05, 3.63) is 24.3 Å². The maximum absolute atomic E-state index is 13.9. The fourth-order valence-electron chi connectivity index (χ4n) is 3.32. The van der Waals surface area contributed by atoms with E-state index in [1.165, 1.54) is 0 Å². The molecule has 0 bridgehead atoms. The van der Waals surface area contributed by atoms with Crippen molar-refractivity contribution in [2.45, 2.75) is 44.6 Å². The first kappa shape index (κ1) is 18.7. The van der Waals surface area contributed by atoms with Crippen LogP contribution < -0.4 is 0 Å². The van der Waals surface area contributed by atoms with Crippen molar-refractivity contribution < 1.29 is 9.18 Å². The molecule has 0 aromatic carbocycles. The molecule has 1 amide bonds. The minimum absolute atomic E-state index is 0.00238. The average molecular weight is 337 g/mol. The average Bonchev–Trinajstić information content (AvgIpc) is 2.87. The van der Waals surface area contributed by atoms with Gasteiger partial charge in [-0.3, -0.25) is 14.6 Å². The molecule has 1 aliphatic heterocycles. The molecule has 24 heavy (non-hydrogen) atoms. The monoisotopic (exact) mass is 337 g/mol. The summed E-state index contributed by atoms with van der Waals surface area (Å²) in [4.78, 5) is 26.7. The van der Waals surface area contributed by atoms with Crippen LogP contribution in [0.25, 0.3) is 0 Å². The molecule has 0 saturated carbocycles. The highest BCUT2D eigenvalue weighted by atomic mass is 19.1. The number of alkyl halides is 1. The normalized spacial score (nSPS) is 22.8. The molecule has 1 fully saturated rings. The smallest absolute Gasteiger partial charge is 0.239 e. The number of likely N-dealkylation sites (tertiary alicyclic amines) is 1. The Kier molecular flexibility index (Phi) is 6.62. The number of carbonyl (C=O) groups is 1. The zero-order chi connectivity index (χ0) is 17.7. The van der Waals surface area contributed by atoms with Crippen molar-refractivity contribution >= 4 is 5.91 Å². The summed E-state index contributed by atoms with van der Waals surface area (Å²) in [7, 11) is 5.62. The Labute approximate surface area is 143 Å². The Morgan fingerprint density at radius 2 is 2.04 bits per heavy atom. The molecule has 2 rings (SSSR count). The van der Waals surface area contributed by atoms with E-state index in [9.17, 15) is 9.18 Å². The third-order valence-electron chi connectivity index (χ3n) is 4.60. The molecule has 0 radical (unpaired) electrons. The van der Waals surface area contributed by atoms with Crippen LogP contribution in [0.2, 0.25) is 0 Å². The maximum atomic E-state index is 13.9. The van der Waals surface area contributed by atoms with Crippen LogP contribution in [0, 0.1) is 0 Å². The van der Waals surface area contributed by atoms with Gasteiger partial charge in [0.05, 0.1) is 12.6 Å². The summed E-state index contributed by atoms with van der Waals surface area (Å²) in [6.45, 7) is 3.41. The van der Waals surface area contributed by atoms with Crippen LogP contribution in [0.5, 0.6) is 0 Å². The van der Waals surface area contributed by atoms with Gasteiger partial charge < -0.3 is 4.90 Å². The molecule has 1 aliphatic rings. The summed E-state index contributed by atoms with van der Waals surface area (Å²) >= 11 is 0. The molecule has 0 spiro atoms. The number of rotatable bonds is 7. The van der Waals surface area contributed by atoms with Crippen LogP contribution in [0.4, 0.5) is 4.39 Å². The highest BCUT2D eigenvalue weighted by Gasteiger charge is 2.34. The number of nitrogens with zero attached hydrogens (tertiary/aromatic N) is 5. The molecule has 0 aliphatic carbocycles. The molecule has 6 nitrogen and oxygen atoms in total. The van der Waals surface area contributed by atoms with Crippen LogP contribution in [0.15, 0.2) is 18.5 Å². The zero-order valence-corrected chi connectivity index (χ0v) is 15.0. The molecule has 1 aromatic rings. The van der Waals surface area contributed by atoms with Crippen molar-refractivity contribution in [2.75, 3.05) is 34.2 Å². The van der Waals surface area contributed by atoms with E-state index in [0.29, 0.717) is 31.9 Å². The van der Waals surface area contributed by atoms with E-state index >= 15 is 0 Å². The molecular formula is C17H28FN5O. The number of halogens is 1. The van der Waals surface area contributed by atoms with Gasteiger partial charge in [-0.1, -0.05) is 6.92 Å². The largest absolute Gasteiger partial charge is 0.343 e. The van der Waals surface area contributed by atoms with Gasteiger partial charge >= 0.3 is 0 Å². The topological polar surface area (TPSA) is 52.6 Å². The maximum Gasteiger partial charge on any atom is 0.239 e. The molecule has 2 heterocycles. The second-order valence-electron chi connectivity index (χ2n) is 6.69. The standard InChI is InChI=1S/C17H28FN5O/c1-5-15(21(2)3)17(24)22(4)11-14-9-13(18)10-23(14)12-16-19-7-6-8-20-16/h6-8,13-15H,5,9-12H2,1-4H3/t13-,14-,15?/m0/s1. The van der Waals surface area contributed by atoms with E-state index < -0.39 is 6.17 Å². The van der Waals surface area contributed by atoms with E-state index in [1.54, 1.807) is 30.4 Å². The first-order valence-corrected chi connectivity index (χ1v) is 8.47. The lowest BCUT2D eigenvalue weighted by Crippen LogP contribution is -2.48. The minimum Gasteiger partial charge on any atom is -0.343 e. The van der Waals surface area contributed by atoms with Gasteiger partial charge in [-0.2, -0.15) is 0 Å². The van der Waals surface area contributed by atoms with Gasteiger partial charge in [0.25, 0.3) is 0 Å². The summed E-state index contributed by atoms with van der Waals surface area (Å²) in [5, 5.41) is 0. The second kappa shape index (κ2) is 8.48. The van der Waals surface area contributed by atoms with Gasteiger partial charge in [-0.25, -0.2) is 14.4 Å². The van der Waals surface area contributed by atoms with Gasteiger partial charge in [0, 0.05) is 38.6 Å². The molecule has 0 N–H and O–H groups in total.